The normalized spacial score (nSPS) is 11.7. The molecule has 0 saturated carbocycles. The summed E-state index contributed by atoms with van der Waals surface area (Å²) in [6, 6.07) is 4.54. The molecule has 0 fully saturated rings. The van der Waals surface area contributed by atoms with Crippen molar-refractivity contribution in [3.05, 3.63) is 28.8 Å². The van der Waals surface area contributed by atoms with Crippen LogP contribution in [0.1, 0.15) is 12.5 Å². The molecule has 1 rings (SSSR count). The lowest BCUT2D eigenvalue weighted by Gasteiger charge is -2.01. The van der Waals surface area contributed by atoms with Gasteiger partial charge in [-0.25, -0.2) is 0 Å². The van der Waals surface area contributed by atoms with Gasteiger partial charge in [0.05, 0.1) is 5.71 Å². The van der Waals surface area contributed by atoms with E-state index in [-0.39, 0.29) is 5.75 Å². The second-order valence-electron chi connectivity index (χ2n) is 2.35. The van der Waals surface area contributed by atoms with E-state index in [4.69, 9.17) is 16.8 Å². The molecule has 64 valence electrons. The van der Waals surface area contributed by atoms with Crippen molar-refractivity contribution in [2.24, 2.45) is 5.16 Å². The lowest BCUT2D eigenvalue weighted by molar-refractivity contribution is 0.318. The molecule has 4 heteroatoms. The van der Waals surface area contributed by atoms with Crippen molar-refractivity contribution in [3.63, 3.8) is 0 Å². The van der Waals surface area contributed by atoms with Crippen molar-refractivity contribution >= 4 is 17.3 Å². The van der Waals surface area contributed by atoms with Gasteiger partial charge in [-0.15, -0.1) is 0 Å². The second-order valence-corrected chi connectivity index (χ2v) is 2.78. The number of rotatable bonds is 1. The van der Waals surface area contributed by atoms with Crippen LogP contribution < -0.4 is 0 Å². The van der Waals surface area contributed by atoms with Crippen LogP contribution in [0.2, 0.25) is 5.02 Å². The summed E-state index contributed by atoms with van der Waals surface area (Å²) in [4.78, 5) is 0. The Morgan fingerprint density at radius 1 is 1.50 bits per heavy atom. The van der Waals surface area contributed by atoms with Crippen LogP contribution in [0.3, 0.4) is 0 Å². The molecule has 2 N–H and O–H groups in total. The first-order valence-electron chi connectivity index (χ1n) is 3.32. The first kappa shape index (κ1) is 8.87. The largest absolute Gasteiger partial charge is 0.507 e. The van der Waals surface area contributed by atoms with Gasteiger partial charge in [-0.05, 0) is 25.1 Å². The minimum absolute atomic E-state index is 0.0506. The number of hydrogen-bond donors (Lipinski definition) is 2. The molecule has 0 aliphatic heterocycles. The summed E-state index contributed by atoms with van der Waals surface area (Å²) < 4.78 is 0. The summed E-state index contributed by atoms with van der Waals surface area (Å²) >= 11 is 5.67. The van der Waals surface area contributed by atoms with Gasteiger partial charge in [0.15, 0.2) is 0 Å². The smallest absolute Gasteiger partial charge is 0.124 e. The first-order chi connectivity index (χ1) is 5.65. The van der Waals surface area contributed by atoms with Crippen LogP contribution in [-0.4, -0.2) is 16.0 Å². The summed E-state index contributed by atoms with van der Waals surface area (Å²) in [5.74, 6) is 0.0506. The quantitative estimate of drug-likeness (QED) is 0.401. The standard InChI is InChI=1S/C8H8ClNO2/c1-5(10-12)7-4-6(9)2-3-8(7)11/h2-4,11-12H,1H3/b10-5-. The number of halogens is 1. The highest BCUT2D eigenvalue weighted by Gasteiger charge is 2.04. The zero-order chi connectivity index (χ0) is 9.14. The van der Waals surface area contributed by atoms with Crippen LogP contribution in [0.4, 0.5) is 0 Å². The van der Waals surface area contributed by atoms with Crippen LogP contribution in [-0.2, 0) is 0 Å². The summed E-state index contributed by atoms with van der Waals surface area (Å²) in [6.07, 6.45) is 0. The summed E-state index contributed by atoms with van der Waals surface area (Å²) in [5.41, 5.74) is 0.764. The molecule has 0 saturated heterocycles. The van der Waals surface area contributed by atoms with Gasteiger partial charge in [-0.1, -0.05) is 16.8 Å². The third kappa shape index (κ3) is 1.68. The van der Waals surface area contributed by atoms with E-state index in [9.17, 15) is 5.11 Å². The number of hydrogen-bond acceptors (Lipinski definition) is 3. The summed E-state index contributed by atoms with van der Waals surface area (Å²) in [6.45, 7) is 1.57. The number of phenols is 1. The summed E-state index contributed by atoms with van der Waals surface area (Å²) in [5, 5.41) is 21.2. The average molecular weight is 186 g/mol. The number of benzene rings is 1. The molecular formula is C8H8ClNO2. The zero-order valence-corrected chi connectivity index (χ0v) is 7.21. The molecule has 0 atom stereocenters. The third-order valence-corrected chi connectivity index (χ3v) is 1.73. The molecule has 3 nitrogen and oxygen atoms in total. The Hall–Kier alpha value is -1.22. The van der Waals surface area contributed by atoms with Crippen molar-refractivity contribution in [2.45, 2.75) is 6.92 Å². The van der Waals surface area contributed by atoms with Gasteiger partial charge in [0.1, 0.15) is 5.75 Å². The average Bonchev–Trinajstić information content (AvgIpc) is 2.08. The fourth-order valence-corrected chi connectivity index (χ4v) is 1.02. The van der Waals surface area contributed by atoms with Crippen LogP contribution >= 0.6 is 11.6 Å². The Labute approximate surface area is 74.9 Å². The van der Waals surface area contributed by atoms with E-state index in [1.54, 1.807) is 13.0 Å². The fraction of sp³-hybridized carbons (Fsp3) is 0.125. The van der Waals surface area contributed by atoms with Crippen LogP contribution in [0, 0.1) is 0 Å². The summed E-state index contributed by atoms with van der Waals surface area (Å²) in [7, 11) is 0. The van der Waals surface area contributed by atoms with E-state index in [0.29, 0.717) is 16.3 Å². The molecule has 1 aromatic rings. The zero-order valence-electron chi connectivity index (χ0n) is 6.45. The number of nitrogens with zero attached hydrogens (tertiary/aromatic N) is 1. The Kier molecular flexibility index (Phi) is 2.55. The molecule has 0 aliphatic carbocycles. The minimum atomic E-state index is 0.0506. The molecule has 0 amide bonds. The van der Waals surface area contributed by atoms with E-state index in [2.05, 4.69) is 5.16 Å². The first-order valence-corrected chi connectivity index (χ1v) is 3.70. The Morgan fingerprint density at radius 3 is 2.75 bits per heavy atom. The molecule has 1 aromatic carbocycles. The highest BCUT2D eigenvalue weighted by Crippen LogP contribution is 2.21. The molecule has 0 bridgehead atoms. The van der Waals surface area contributed by atoms with Crippen LogP contribution in [0.15, 0.2) is 23.4 Å². The van der Waals surface area contributed by atoms with Gasteiger partial charge in [0, 0.05) is 10.6 Å². The van der Waals surface area contributed by atoms with Crippen molar-refractivity contribution in [1.82, 2.24) is 0 Å². The lowest BCUT2D eigenvalue weighted by Crippen LogP contribution is -1.94. The van der Waals surface area contributed by atoms with Crippen LogP contribution in [0.25, 0.3) is 0 Å². The van der Waals surface area contributed by atoms with E-state index < -0.39 is 0 Å². The van der Waals surface area contributed by atoms with Gasteiger partial charge >= 0.3 is 0 Å². The lowest BCUT2D eigenvalue weighted by atomic mass is 10.1. The Balaban J connectivity index is 3.23. The molecule has 0 heterocycles. The molecule has 12 heavy (non-hydrogen) atoms. The Morgan fingerprint density at radius 2 is 2.17 bits per heavy atom. The molecular weight excluding hydrogens is 178 g/mol. The maximum absolute atomic E-state index is 9.29. The molecule has 0 spiro atoms. The van der Waals surface area contributed by atoms with E-state index in [0.717, 1.165) is 0 Å². The van der Waals surface area contributed by atoms with E-state index in [1.807, 2.05) is 0 Å². The van der Waals surface area contributed by atoms with E-state index in [1.165, 1.54) is 12.1 Å². The number of aromatic hydroxyl groups is 1. The predicted octanol–water partition coefficient (Wildman–Crippen LogP) is 2.24. The molecule has 0 unspecified atom stereocenters. The molecule has 0 aliphatic rings. The maximum Gasteiger partial charge on any atom is 0.124 e. The van der Waals surface area contributed by atoms with Crippen molar-refractivity contribution in [3.8, 4) is 5.75 Å². The second kappa shape index (κ2) is 3.45. The van der Waals surface area contributed by atoms with Gasteiger partial charge < -0.3 is 10.3 Å². The highest BCUT2D eigenvalue weighted by molar-refractivity contribution is 6.31. The number of phenolic OH excluding ortho intramolecular Hbond substituents is 1. The van der Waals surface area contributed by atoms with E-state index >= 15 is 0 Å². The minimum Gasteiger partial charge on any atom is -0.507 e. The van der Waals surface area contributed by atoms with Crippen molar-refractivity contribution in [2.75, 3.05) is 0 Å². The fourth-order valence-electron chi connectivity index (χ4n) is 0.852. The Bertz CT molecular complexity index is 323. The highest BCUT2D eigenvalue weighted by atomic mass is 35.5. The third-order valence-electron chi connectivity index (χ3n) is 1.50. The van der Waals surface area contributed by atoms with Gasteiger partial charge in [-0.2, -0.15) is 0 Å². The number of oxime groups is 1. The van der Waals surface area contributed by atoms with Crippen molar-refractivity contribution in [1.29, 1.82) is 0 Å². The van der Waals surface area contributed by atoms with Crippen LogP contribution in [0.5, 0.6) is 5.75 Å². The molecule has 0 aromatic heterocycles. The predicted molar refractivity (Wildman–Crippen MR) is 47.1 cm³/mol. The topological polar surface area (TPSA) is 52.8 Å². The monoisotopic (exact) mass is 185 g/mol. The maximum atomic E-state index is 9.29. The SMILES string of the molecule is C/C(=N/O)c1cc(Cl)ccc1O. The van der Waals surface area contributed by atoms with Gasteiger partial charge in [0.25, 0.3) is 0 Å². The van der Waals surface area contributed by atoms with Gasteiger partial charge in [-0.3, -0.25) is 0 Å². The molecule has 0 radical (unpaired) electrons. The van der Waals surface area contributed by atoms with Gasteiger partial charge in [0.2, 0.25) is 0 Å². The van der Waals surface area contributed by atoms with Crippen molar-refractivity contribution < 1.29 is 10.3 Å².